The van der Waals surface area contributed by atoms with Crippen molar-refractivity contribution in [3.63, 3.8) is 0 Å². The maximum atomic E-state index is 12.1. The SMILES string of the molecule is CCOC(=O)c1cccc(C(=O)NC(=O)c2ccc(N)cc2)n1. The lowest BCUT2D eigenvalue weighted by atomic mass is 10.2. The molecule has 0 fully saturated rings. The number of nitrogens with one attached hydrogen (secondary N) is 1. The highest BCUT2D eigenvalue weighted by Gasteiger charge is 2.16. The quantitative estimate of drug-likeness (QED) is 0.501. The number of aromatic nitrogens is 1. The van der Waals surface area contributed by atoms with Gasteiger partial charge in [-0.2, -0.15) is 0 Å². The zero-order chi connectivity index (χ0) is 16.8. The zero-order valence-corrected chi connectivity index (χ0v) is 12.4. The van der Waals surface area contributed by atoms with E-state index in [1.807, 2.05) is 0 Å². The third kappa shape index (κ3) is 4.13. The number of rotatable bonds is 4. The second kappa shape index (κ2) is 7.17. The maximum absolute atomic E-state index is 12.1. The minimum absolute atomic E-state index is 0.000524. The molecule has 0 bridgehead atoms. The topological polar surface area (TPSA) is 111 Å². The van der Waals surface area contributed by atoms with Crippen molar-refractivity contribution in [2.45, 2.75) is 6.92 Å². The van der Waals surface area contributed by atoms with Gasteiger partial charge < -0.3 is 10.5 Å². The minimum atomic E-state index is -0.710. The first-order valence-corrected chi connectivity index (χ1v) is 6.86. The summed E-state index contributed by atoms with van der Waals surface area (Å²) in [5, 5.41) is 2.20. The van der Waals surface area contributed by atoms with Gasteiger partial charge in [0.1, 0.15) is 11.4 Å². The van der Waals surface area contributed by atoms with E-state index in [0.717, 1.165) is 0 Å². The van der Waals surface area contributed by atoms with Crippen molar-refractivity contribution in [3.8, 4) is 0 Å². The number of carbonyl (C=O) groups is 3. The number of benzene rings is 1. The first-order chi connectivity index (χ1) is 11.0. The van der Waals surface area contributed by atoms with Gasteiger partial charge in [0.25, 0.3) is 11.8 Å². The molecule has 23 heavy (non-hydrogen) atoms. The summed E-state index contributed by atoms with van der Waals surface area (Å²) in [5.41, 5.74) is 6.28. The van der Waals surface area contributed by atoms with Crippen LogP contribution in [0.1, 0.15) is 38.3 Å². The van der Waals surface area contributed by atoms with Crippen LogP contribution in [0.25, 0.3) is 0 Å². The van der Waals surface area contributed by atoms with Gasteiger partial charge in [-0.15, -0.1) is 0 Å². The molecule has 1 heterocycles. The highest BCUT2D eigenvalue weighted by molar-refractivity contribution is 6.09. The third-order valence-corrected chi connectivity index (χ3v) is 2.87. The van der Waals surface area contributed by atoms with Gasteiger partial charge >= 0.3 is 5.97 Å². The van der Waals surface area contributed by atoms with Crippen molar-refractivity contribution in [2.75, 3.05) is 12.3 Å². The first kappa shape index (κ1) is 16.2. The number of nitrogens with zero attached hydrogens (tertiary/aromatic N) is 1. The minimum Gasteiger partial charge on any atom is -0.461 e. The number of anilines is 1. The Morgan fingerprint density at radius 2 is 1.70 bits per heavy atom. The molecule has 7 heteroatoms. The molecule has 0 aliphatic carbocycles. The van der Waals surface area contributed by atoms with E-state index in [0.29, 0.717) is 5.69 Å². The van der Waals surface area contributed by atoms with E-state index in [9.17, 15) is 14.4 Å². The van der Waals surface area contributed by atoms with Crippen LogP contribution in [0.3, 0.4) is 0 Å². The molecule has 0 unspecified atom stereocenters. The molecule has 2 aromatic rings. The second-order valence-corrected chi connectivity index (χ2v) is 4.53. The number of hydrogen-bond acceptors (Lipinski definition) is 6. The molecule has 2 rings (SSSR count). The molecule has 3 N–H and O–H groups in total. The molecule has 2 amide bonds. The Kier molecular flexibility index (Phi) is 5.03. The predicted molar refractivity (Wildman–Crippen MR) is 82.8 cm³/mol. The highest BCUT2D eigenvalue weighted by atomic mass is 16.5. The monoisotopic (exact) mass is 313 g/mol. The van der Waals surface area contributed by atoms with Crippen LogP contribution in [0.4, 0.5) is 5.69 Å². The fraction of sp³-hybridized carbons (Fsp3) is 0.125. The average Bonchev–Trinajstić information content (AvgIpc) is 2.55. The molecule has 1 aromatic heterocycles. The summed E-state index contributed by atoms with van der Waals surface area (Å²) in [6.07, 6.45) is 0. The predicted octanol–water partition coefficient (Wildman–Crippen LogP) is 1.41. The van der Waals surface area contributed by atoms with Gasteiger partial charge in [-0.1, -0.05) is 6.07 Å². The van der Waals surface area contributed by atoms with Crippen molar-refractivity contribution in [2.24, 2.45) is 0 Å². The lowest BCUT2D eigenvalue weighted by molar-refractivity contribution is 0.0519. The van der Waals surface area contributed by atoms with Crippen molar-refractivity contribution in [1.82, 2.24) is 10.3 Å². The van der Waals surface area contributed by atoms with Crippen molar-refractivity contribution >= 4 is 23.5 Å². The Morgan fingerprint density at radius 3 is 2.35 bits per heavy atom. The average molecular weight is 313 g/mol. The van der Waals surface area contributed by atoms with Crippen LogP contribution in [-0.4, -0.2) is 29.4 Å². The van der Waals surface area contributed by atoms with E-state index in [1.54, 1.807) is 19.1 Å². The van der Waals surface area contributed by atoms with Gasteiger partial charge in [0.2, 0.25) is 0 Å². The number of amides is 2. The van der Waals surface area contributed by atoms with Crippen LogP contribution in [0.15, 0.2) is 42.5 Å². The van der Waals surface area contributed by atoms with E-state index in [4.69, 9.17) is 10.5 Å². The standard InChI is InChI=1S/C16H15N3O4/c1-2-23-16(22)13-5-3-4-12(18-13)15(21)19-14(20)10-6-8-11(17)9-7-10/h3-9H,2,17H2,1H3,(H,19,20,21). The molecule has 0 atom stereocenters. The molecule has 0 aliphatic rings. The summed E-state index contributed by atoms with van der Waals surface area (Å²) < 4.78 is 4.81. The molecular weight excluding hydrogens is 298 g/mol. The molecule has 0 spiro atoms. The van der Waals surface area contributed by atoms with Crippen molar-refractivity contribution in [1.29, 1.82) is 0 Å². The van der Waals surface area contributed by atoms with Gasteiger partial charge in [0.15, 0.2) is 0 Å². The number of imide groups is 1. The van der Waals surface area contributed by atoms with E-state index in [-0.39, 0.29) is 23.6 Å². The molecule has 0 saturated carbocycles. The molecule has 0 aliphatic heterocycles. The van der Waals surface area contributed by atoms with Crippen LogP contribution in [0, 0.1) is 0 Å². The van der Waals surface area contributed by atoms with Crippen molar-refractivity contribution < 1.29 is 19.1 Å². The Hall–Kier alpha value is -3.22. The Morgan fingerprint density at radius 1 is 1.04 bits per heavy atom. The van der Waals surface area contributed by atoms with Gasteiger partial charge in [0, 0.05) is 11.3 Å². The molecule has 7 nitrogen and oxygen atoms in total. The zero-order valence-electron chi connectivity index (χ0n) is 12.4. The number of hydrogen-bond donors (Lipinski definition) is 2. The molecule has 118 valence electrons. The molecular formula is C16H15N3O4. The van der Waals surface area contributed by atoms with E-state index < -0.39 is 17.8 Å². The maximum Gasteiger partial charge on any atom is 0.356 e. The summed E-state index contributed by atoms with van der Waals surface area (Å²) in [6.45, 7) is 1.87. The number of nitrogen functional groups attached to an aromatic ring is 1. The van der Waals surface area contributed by atoms with Gasteiger partial charge in [0.05, 0.1) is 6.61 Å². The van der Waals surface area contributed by atoms with Gasteiger partial charge in [-0.3, -0.25) is 14.9 Å². The number of nitrogens with two attached hydrogens (primary N) is 1. The number of pyridine rings is 1. The third-order valence-electron chi connectivity index (χ3n) is 2.87. The largest absolute Gasteiger partial charge is 0.461 e. The fourth-order valence-electron chi connectivity index (χ4n) is 1.75. The number of esters is 1. The first-order valence-electron chi connectivity index (χ1n) is 6.86. The smallest absolute Gasteiger partial charge is 0.356 e. The Balaban J connectivity index is 2.11. The summed E-state index contributed by atoms with van der Waals surface area (Å²) in [5.74, 6) is -1.93. The van der Waals surface area contributed by atoms with Gasteiger partial charge in [-0.05, 0) is 43.3 Å². The van der Waals surface area contributed by atoms with E-state index in [1.165, 1.54) is 30.3 Å². The van der Waals surface area contributed by atoms with E-state index in [2.05, 4.69) is 10.3 Å². The summed E-state index contributed by atoms with van der Waals surface area (Å²) in [4.78, 5) is 39.5. The van der Waals surface area contributed by atoms with E-state index >= 15 is 0 Å². The molecule has 0 saturated heterocycles. The summed E-state index contributed by atoms with van der Waals surface area (Å²) in [6, 6.07) is 10.4. The van der Waals surface area contributed by atoms with Crippen molar-refractivity contribution in [3.05, 3.63) is 59.4 Å². The normalized spacial score (nSPS) is 9.96. The number of ether oxygens (including phenoxy) is 1. The van der Waals surface area contributed by atoms with Crippen LogP contribution >= 0.6 is 0 Å². The lowest BCUT2D eigenvalue weighted by Gasteiger charge is -2.06. The van der Waals surface area contributed by atoms with Crippen LogP contribution in [0.2, 0.25) is 0 Å². The van der Waals surface area contributed by atoms with Crippen LogP contribution in [-0.2, 0) is 4.74 Å². The van der Waals surface area contributed by atoms with Crippen LogP contribution in [0.5, 0.6) is 0 Å². The Bertz CT molecular complexity index is 741. The second-order valence-electron chi connectivity index (χ2n) is 4.53. The Labute approximate surface area is 132 Å². The number of carbonyl (C=O) groups excluding carboxylic acids is 3. The van der Waals surface area contributed by atoms with Crippen LogP contribution < -0.4 is 11.1 Å². The molecule has 1 aromatic carbocycles. The fourth-order valence-corrected chi connectivity index (χ4v) is 1.75. The summed E-state index contributed by atoms with van der Waals surface area (Å²) >= 11 is 0. The summed E-state index contributed by atoms with van der Waals surface area (Å²) in [7, 11) is 0. The lowest BCUT2D eigenvalue weighted by Crippen LogP contribution is -2.31. The van der Waals surface area contributed by atoms with Gasteiger partial charge in [-0.25, -0.2) is 9.78 Å². The molecule has 0 radical (unpaired) electrons. The highest BCUT2D eigenvalue weighted by Crippen LogP contribution is 2.06.